The molecule has 104 valence electrons. The van der Waals surface area contributed by atoms with Gasteiger partial charge in [-0.15, -0.1) is 0 Å². The summed E-state index contributed by atoms with van der Waals surface area (Å²) in [4.78, 5) is 12.3. The van der Waals surface area contributed by atoms with E-state index < -0.39 is 0 Å². The van der Waals surface area contributed by atoms with Crippen molar-refractivity contribution in [2.75, 3.05) is 13.1 Å². The lowest BCUT2D eigenvalue weighted by Gasteiger charge is -2.38. The monoisotopic (exact) mass is 254 g/mol. The van der Waals surface area contributed by atoms with Crippen LogP contribution >= 0.6 is 0 Å². The van der Waals surface area contributed by atoms with Crippen LogP contribution in [0.15, 0.2) is 0 Å². The minimum Gasteiger partial charge on any atom is -0.393 e. The Kier molecular flexibility index (Phi) is 4.28. The second kappa shape index (κ2) is 5.57. The zero-order valence-electron chi connectivity index (χ0n) is 11.3. The second-order valence-corrected chi connectivity index (χ2v) is 6.37. The molecule has 2 aliphatic rings. The van der Waals surface area contributed by atoms with E-state index in [1.165, 1.54) is 0 Å². The van der Waals surface area contributed by atoms with Crippen molar-refractivity contribution in [1.82, 2.24) is 5.32 Å². The Bertz CT molecular complexity index is 292. The summed E-state index contributed by atoms with van der Waals surface area (Å²) in [7, 11) is 0. The van der Waals surface area contributed by atoms with Crippen molar-refractivity contribution in [3.8, 4) is 0 Å². The van der Waals surface area contributed by atoms with Gasteiger partial charge >= 0.3 is 0 Å². The molecule has 0 heterocycles. The number of rotatable bonds is 4. The minimum absolute atomic E-state index is 0.137. The van der Waals surface area contributed by atoms with Crippen molar-refractivity contribution in [3.05, 3.63) is 0 Å². The third-order valence-corrected chi connectivity index (χ3v) is 4.87. The number of hydrogen-bond acceptors (Lipinski definition) is 3. The van der Waals surface area contributed by atoms with Crippen LogP contribution in [0, 0.1) is 17.3 Å². The second-order valence-electron chi connectivity index (χ2n) is 6.37. The lowest BCUT2D eigenvalue weighted by molar-refractivity contribution is -0.133. The number of nitrogens with two attached hydrogens (primary N) is 1. The predicted molar refractivity (Wildman–Crippen MR) is 70.9 cm³/mol. The Morgan fingerprint density at radius 3 is 2.50 bits per heavy atom. The molecule has 0 aromatic rings. The maximum atomic E-state index is 12.3. The van der Waals surface area contributed by atoms with Crippen LogP contribution in [0.5, 0.6) is 0 Å². The molecule has 0 atom stereocenters. The predicted octanol–water partition coefficient (Wildman–Crippen LogP) is 1.03. The lowest BCUT2D eigenvalue weighted by Crippen LogP contribution is -2.50. The Balaban J connectivity index is 1.81. The van der Waals surface area contributed by atoms with Gasteiger partial charge in [0.1, 0.15) is 0 Å². The van der Waals surface area contributed by atoms with E-state index in [-0.39, 0.29) is 17.4 Å². The van der Waals surface area contributed by atoms with Crippen molar-refractivity contribution < 1.29 is 9.90 Å². The van der Waals surface area contributed by atoms with Gasteiger partial charge in [0.05, 0.1) is 11.5 Å². The molecule has 2 fully saturated rings. The van der Waals surface area contributed by atoms with Gasteiger partial charge in [-0.2, -0.15) is 0 Å². The molecule has 0 spiro atoms. The third-order valence-electron chi connectivity index (χ3n) is 4.87. The van der Waals surface area contributed by atoms with Gasteiger partial charge < -0.3 is 16.2 Å². The van der Waals surface area contributed by atoms with Crippen molar-refractivity contribution in [2.45, 2.75) is 51.6 Å². The van der Waals surface area contributed by atoms with E-state index in [2.05, 4.69) is 12.2 Å². The summed E-state index contributed by atoms with van der Waals surface area (Å²) in [6.45, 7) is 3.40. The van der Waals surface area contributed by atoms with Crippen LogP contribution in [0.25, 0.3) is 0 Å². The highest BCUT2D eigenvalue weighted by molar-refractivity contribution is 5.83. The molecule has 2 aliphatic carbocycles. The molecule has 2 rings (SSSR count). The average molecular weight is 254 g/mol. The van der Waals surface area contributed by atoms with E-state index in [1.807, 2.05) is 0 Å². The zero-order chi connectivity index (χ0) is 13.2. The first-order chi connectivity index (χ1) is 8.55. The molecule has 4 heteroatoms. The largest absolute Gasteiger partial charge is 0.393 e. The minimum atomic E-state index is -0.325. The van der Waals surface area contributed by atoms with E-state index in [0.29, 0.717) is 19.0 Å². The molecule has 0 unspecified atom stereocenters. The molecule has 18 heavy (non-hydrogen) atoms. The summed E-state index contributed by atoms with van der Waals surface area (Å²) in [5, 5.41) is 12.3. The Hall–Kier alpha value is -0.610. The smallest absolute Gasteiger partial charge is 0.227 e. The highest BCUT2D eigenvalue weighted by atomic mass is 16.3. The molecule has 0 saturated heterocycles. The Labute approximate surface area is 109 Å². The highest BCUT2D eigenvalue weighted by Crippen LogP contribution is 2.38. The van der Waals surface area contributed by atoms with Crippen molar-refractivity contribution >= 4 is 5.91 Å². The fraction of sp³-hybridized carbons (Fsp3) is 0.929. The van der Waals surface area contributed by atoms with Crippen LogP contribution in [0.4, 0.5) is 0 Å². The van der Waals surface area contributed by atoms with Crippen LogP contribution in [0.2, 0.25) is 0 Å². The quantitative estimate of drug-likeness (QED) is 0.701. The Morgan fingerprint density at radius 2 is 2.00 bits per heavy atom. The molecule has 4 N–H and O–H groups in total. The van der Waals surface area contributed by atoms with E-state index in [0.717, 1.165) is 44.4 Å². The topological polar surface area (TPSA) is 75.4 Å². The highest BCUT2D eigenvalue weighted by Gasteiger charge is 2.40. The molecule has 2 saturated carbocycles. The number of aliphatic hydroxyl groups excluding tert-OH is 1. The van der Waals surface area contributed by atoms with Crippen LogP contribution in [0.3, 0.4) is 0 Å². The number of hydrogen-bond donors (Lipinski definition) is 3. The summed E-state index contributed by atoms with van der Waals surface area (Å²) in [5.41, 5.74) is 5.53. The van der Waals surface area contributed by atoms with E-state index in [9.17, 15) is 9.90 Å². The van der Waals surface area contributed by atoms with Gasteiger partial charge in [0.2, 0.25) is 5.91 Å². The summed E-state index contributed by atoms with van der Waals surface area (Å²) in [6.07, 6.45) is 5.55. The average Bonchev–Trinajstić information content (AvgIpc) is 2.34. The van der Waals surface area contributed by atoms with E-state index in [4.69, 9.17) is 5.73 Å². The van der Waals surface area contributed by atoms with Gasteiger partial charge in [0.25, 0.3) is 0 Å². The van der Waals surface area contributed by atoms with Gasteiger partial charge in [-0.05, 0) is 50.4 Å². The van der Waals surface area contributed by atoms with Gasteiger partial charge in [-0.25, -0.2) is 0 Å². The molecular weight excluding hydrogens is 228 g/mol. The number of aliphatic hydroxyl groups is 1. The summed E-state index contributed by atoms with van der Waals surface area (Å²) in [5.74, 6) is 1.32. The maximum Gasteiger partial charge on any atom is 0.227 e. The first-order valence-corrected chi connectivity index (χ1v) is 7.22. The fourth-order valence-electron chi connectivity index (χ4n) is 3.13. The first-order valence-electron chi connectivity index (χ1n) is 7.22. The van der Waals surface area contributed by atoms with Crippen LogP contribution in [-0.4, -0.2) is 30.2 Å². The van der Waals surface area contributed by atoms with Crippen molar-refractivity contribution in [1.29, 1.82) is 0 Å². The molecule has 0 aliphatic heterocycles. The fourth-order valence-corrected chi connectivity index (χ4v) is 3.13. The summed E-state index contributed by atoms with van der Waals surface area (Å²) < 4.78 is 0. The Morgan fingerprint density at radius 1 is 1.39 bits per heavy atom. The maximum absolute atomic E-state index is 12.3. The van der Waals surface area contributed by atoms with Crippen LogP contribution < -0.4 is 11.1 Å². The lowest BCUT2D eigenvalue weighted by atomic mass is 9.70. The van der Waals surface area contributed by atoms with Crippen molar-refractivity contribution in [3.63, 3.8) is 0 Å². The van der Waals surface area contributed by atoms with Crippen molar-refractivity contribution in [2.24, 2.45) is 23.0 Å². The SMILES string of the molecule is CC1CCC(CN)(C(=O)NCC2CC(O)C2)CC1. The standard InChI is InChI=1S/C14H26N2O2/c1-10-2-4-14(9-15,5-3-10)13(18)16-8-11-6-12(17)7-11/h10-12,17H,2-9,15H2,1H3,(H,16,18). The van der Waals surface area contributed by atoms with Gasteiger partial charge in [0.15, 0.2) is 0 Å². The molecule has 4 nitrogen and oxygen atoms in total. The van der Waals surface area contributed by atoms with Gasteiger partial charge in [-0.1, -0.05) is 6.92 Å². The third kappa shape index (κ3) is 2.86. The number of nitrogens with one attached hydrogen (secondary N) is 1. The first kappa shape index (κ1) is 13.8. The summed E-state index contributed by atoms with van der Waals surface area (Å²) >= 11 is 0. The summed E-state index contributed by atoms with van der Waals surface area (Å²) in [6, 6.07) is 0. The number of carbonyl (C=O) groups excluding carboxylic acids is 1. The normalized spacial score (nSPS) is 40.1. The zero-order valence-corrected chi connectivity index (χ0v) is 11.3. The molecule has 1 amide bonds. The number of carbonyl (C=O) groups is 1. The molecule has 0 radical (unpaired) electrons. The number of amides is 1. The van der Waals surface area contributed by atoms with E-state index >= 15 is 0 Å². The van der Waals surface area contributed by atoms with E-state index in [1.54, 1.807) is 0 Å². The van der Waals surface area contributed by atoms with Crippen LogP contribution in [0.1, 0.15) is 45.4 Å². The molecular formula is C14H26N2O2. The van der Waals surface area contributed by atoms with Crippen LogP contribution in [-0.2, 0) is 4.79 Å². The van der Waals surface area contributed by atoms with Gasteiger partial charge in [0, 0.05) is 13.1 Å². The molecule has 0 aromatic carbocycles. The molecule has 0 bridgehead atoms. The molecule has 0 aromatic heterocycles. The van der Waals surface area contributed by atoms with Gasteiger partial charge in [-0.3, -0.25) is 4.79 Å².